The highest BCUT2D eigenvalue weighted by Crippen LogP contribution is 2.58. The Kier molecular flexibility index (Phi) is 7.02. The van der Waals surface area contributed by atoms with Crippen molar-refractivity contribution in [3.05, 3.63) is 123 Å². The summed E-state index contributed by atoms with van der Waals surface area (Å²) in [5.74, 6) is 0.930. The molecule has 40 heavy (non-hydrogen) atoms. The number of hydrogen-bond acceptors (Lipinski definition) is 1. The van der Waals surface area contributed by atoms with E-state index in [-0.39, 0.29) is 10.8 Å². The molecule has 208 valence electrons. The molecule has 0 saturated carbocycles. The van der Waals surface area contributed by atoms with Crippen molar-refractivity contribution in [3.8, 4) is 16.9 Å². The van der Waals surface area contributed by atoms with Gasteiger partial charge in [-0.3, -0.25) is 0 Å². The third kappa shape index (κ3) is 4.21. The Hall–Kier alpha value is -3.32. The van der Waals surface area contributed by atoms with Gasteiger partial charge in [-0.1, -0.05) is 108 Å². The summed E-state index contributed by atoms with van der Waals surface area (Å²) in [6, 6.07) is 28.5. The molecule has 0 aromatic heterocycles. The van der Waals surface area contributed by atoms with Crippen molar-refractivity contribution in [1.82, 2.24) is 0 Å². The van der Waals surface area contributed by atoms with Crippen LogP contribution in [0.15, 0.2) is 72.8 Å². The summed E-state index contributed by atoms with van der Waals surface area (Å²) in [5.41, 5.74) is 14.4. The summed E-state index contributed by atoms with van der Waals surface area (Å²) in [5, 5.41) is 0. The van der Waals surface area contributed by atoms with Crippen LogP contribution >= 0.6 is 0 Å². The molecular formula is C39H46O. The van der Waals surface area contributed by atoms with E-state index < -0.39 is 5.41 Å². The summed E-state index contributed by atoms with van der Waals surface area (Å²) in [6.07, 6.45) is 2.18. The second-order valence-corrected chi connectivity index (χ2v) is 13.2. The Morgan fingerprint density at radius 1 is 0.575 bits per heavy atom. The molecule has 1 nitrogen and oxygen atoms in total. The average molecular weight is 531 g/mol. The monoisotopic (exact) mass is 530 g/mol. The lowest BCUT2D eigenvalue weighted by Gasteiger charge is -2.36. The molecule has 1 aliphatic rings. The number of aryl methyl sites for hydroxylation is 3. The fourth-order valence-electron chi connectivity index (χ4n) is 6.45. The van der Waals surface area contributed by atoms with Gasteiger partial charge in [0.05, 0.1) is 12.5 Å². The summed E-state index contributed by atoms with van der Waals surface area (Å²) in [4.78, 5) is 0. The lowest BCUT2D eigenvalue weighted by Crippen LogP contribution is -2.30. The predicted molar refractivity (Wildman–Crippen MR) is 171 cm³/mol. The van der Waals surface area contributed by atoms with E-state index in [1.54, 1.807) is 7.11 Å². The molecule has 0 saturated heterocycles. The van der Waals surface area contributed by atoms with Crippen molar-refractivity contribution < 1.29 is 4.74 Å². The molecule has 0 aliphatic heterocycles. The molecule has 5 rings (SSSR count). The predicted octanol–water partition coefficient (Wildman–Crippen LogP) is 10.4. The molecule has 0 radical (unpaired) electrons. The highest BCUT2D eigenvalue weighted by atomic mass is 16.5. The molecular weight excluding hydrogens is 484 g/mol. The van der Waals surface area contributed by atoms with Crippen molar-refractivity contribution in [2.45, 2.75) is 91.4 Å². The van der Waals surface area contributed by atoms with Crippen LogP contribution in [0.25, 0.3) is 11.1 Å². The highest BCUT2D eigenvalue weighted by Gasteiger charge is 2.47. The molecule has 0 fully saturated rings. The first-order chi connectivity index (χ1) is 18.9. The van der Waals surface area contributed by atoms with Crippen LogP contribution in [-0.2, 0) is 16.2 Å². The van der Waals surface area contributed by atoms with Gasteiger partial charge in [0, 0.05) is 0 Å². The van der Waals surface area contributed by atoms with E-state index in [1.165, 1.54) is 55.6 Å². The fourth-order valence-corrected chi connectivity index (χ4v) is 6.45. The van der Waals surface area contributed by atoms with Crippen LogP contribution in [0.1, 0.15) is 104 Å². The Balaban J connectivity index is 1.98. The molecule has 0 unspecified atom stereocenters. The lowest BCUT2D eigenvalue weighted by molar-refractivity contribution is 0.411. The first-order valence-corrected chi connectivity index (χ1v) is 14.9. The van der Waals surface area contributed by atoms with E-state index >= 15 is 0 Å². The zero-order valence-electron chi connectivity index (χ0n) is 26.3. The van der Waals surface area contributed by atoms with Crippen molar-refractivity contribution in [3.63, 3.8) is 0 Å². The maximum absolute atomic E-state index is 5.73. The molecule has 0 amide bonds. The normalized spacial score (nSPS) is 14.2. The maximum Gasteiger partial charge on any atom is 0.121 e. The van der Waals surface area contributed by atoms with Gasteiger partial charge in [-0.25, -0.2) is 0 Å². The van der Waals surface area contributed by atoms with Gasteiger partial charge in [0.1, 0.15) is 5.75 Å². The second-order valence-electron chi connectivity index (χ2n) is 13.2. The van der Waals surface area contributed by atoms with Crippen molar-refractivity contribution in [2.24, 2.45) is 0 Å². The Morgan fingerprint density at radius 2 is 1.05 bits per heavy atom. The van der Waals surface area contributed by atoms with Crippen molar-refractivity contribution >= 4 is 0 Å². The average Bonchev–Trinajstić information content (AvgIpc) is 3.24. The van der Waals surface area contributed by atoms with Crippen LogP contribution in [-0.4, -0.2) is 7.11 Å². The van der Waals surface area contributed by atoms with Crippen LogP contribution < -0.4 is 4.74 Å². The zero-order valence-corrected chi connectivity index (χ0v) is 26.3. The van der Waals surface area contributed by atoms with Crippen molar-refractivity contribution in [2.75, 3.05) is 7.11 Å². The van der Waals surface area contributed by atoms with Gasteiger partial charge in [-0.2, -0.15) is 0 Å². The third-order valence-electron chi connectivity index (χ3n) is 10.2. The second kappa shape index (κ2) is 9.95. The highest BCUT2D eigenvalue weighted by molar-refractivity contribution is 5.87. The quantitative estimate of drug-likeness (QED) is 0.203. The van der Waals surface area contributed by atoms with E-state index in [0.717, 1.165) is 24.2 Å². The Bertz CT molecular complexity index is 1520. The molecule has 1 heteroatoms. The van der Waals surface area contributed by atoms with Crippen molar-refractivity contribution in [1.29, 1.82) is 0 Å². The number of benzene rings is 4. The molecule has 0 bridgehead atoms. The lowest BCUT2D eigenvalue weighted by atomic mass is 9.65. The van der Waals surface area contributed by atoms with Gasteiger partial charge in [0.25, 0.3) is 0 Å². The largest absolute Gasteiger partial charge is 0.496 e. The SMILES string of the molecule is CCC(C)(C)c1ccc2c(c1)C(c1ccc(C)c(C)c1)(c1ccc(OC)c(C)c1)c1cc(C(C)(C)CC)ccc1-2. The van der Waals surface area contributed by atoms with Crippen LogP contribution in [0.2, 0.25) is 0 Å². The molecule has 0 spiro atoms. The van der Waals surface area contributed by atoms with E-state index in [2.05, 4.69) is 135 Å². The maximum atomic E-state index is 5.73. The van der Waals surface area contributed by atoms with Gasteiger partial charge in [0.15, 0.2) is 0 Å². The van der Waals surface area contributed by atoms with Gasteiger partial charge in [-0.05, 0) is 112 Å². The van der Waals surface area contributed by atoms with Crippen LogP contribution in [0.3, 0.4) is 0 Å². The Labute approximate surface area is 242 Å². The van der Waals surface area contributed by atoms with Crippen LogP contribution in [0, 0.1) is 20.8 Å². The number of methoxy groups -OCH3 is 1. The molecule has 4 aromatic carbocycles. The summed E-state index contributed by atoms with van der Waals surface area (Å²) >= 11 is 0. The molecule has 0 atom stereocenters. The van der Waals surface area contributed by atoms with Gasteiger partial charge >= 0.3 is 0 Å². The summed E-state index contributed by atoms with van der Waals surface area (Å²) < 4.78 is 5.73. The first-order valence-electron chi connectivity index (χ1n) is 14.9. The standard InChI is InChI=1S/C39H46O/c1-11-37(6,7)28-15-18-32-33-19-16-29(38(8,9)12-2)24-35(33)39(34(32)23-28,30-14-13-25(3)26(4)21-30)31-17-20-36(40-10)27(5)22-31/h13-24H,11-12H2,1-10H3. The zero-order chi connectivity index (χ0) is 29.0. The fraction of sp³-hybridized carbons (Fsp3) is 0.385. The van der Waals surface area contributed by atoms with Crippen LogP contribution in [0.5, 0.6) is 5.75 Å². The van der Waals surface area contributed by atoms with Crippen LogP contribution in [0.4, 0.5) is 0 Å². The van der Waals surface area contributed by atoms with Gasteiger partial charge < -0.3 is 4.74 Å². The number of ether oxygens (including phenoxy) is 1. The number of hydrogen-bond donors (Lipinski definition) is 0. The topological polar surface area (TPSA) is 9.23 Å². The number of fused-ring (bicyclic) bond motifs is 3. The minimum Gasteiger partial charge on any atom is -0.496 e. The summed E-state index contributed by atoms with van der Waals surface area (Å²) in [7, 11) is 1.76. The molecule has 0 heterocycles. The smallest absolute Gasteiger partial charge is 0.121 e. The molecule has 0 N–H and O–H groups in total. The first kappa shape index (κ1) is 28.2. The minimum absolute atomic E-state index is 0.0872. The third-order valence-corrected chi connectivity index (χ3v) is 10.2. The molecule has 4 aromatic rings. The van der Waals surface area contributed by atoms with Gasteiger partial charge in [0.2, 0.25) is 0 Å². The minimum atomic E-state index is -0.431. The molecule has 1 aliphatic carbocycles. The Morgan fingerprint density at radius 3 is 1.48 bits per heavy atom. The van der Waals surface area contributed by atoms with E-state index in [1.807, 2.05) is 0 Å². The van der Waals surface area contributed by atoms with Gasteiger partial charge in [-0.15, -0.1) is 0 Å². The number of rotatable bonds is 7. The van der Waals surface area contributed by atoms with E-state index in [4.69, 9.17) is 4.74 Å². The van der Waals surface area contributed by atoms with E-state index in [9.17, 15) is 0 Å². The summed E-state index contributed by atoms with van der Waals surface area (Å²) in [6.45, 7) is 20.7. The van der Waals surface area contributed by atoms with E-state index in [0.29, 0.717) is 0 Å².